The maximum atomic E-state index is 6.27. The molecule has 2 nitrogen and oxygen atoms in total. The van der Waals surface area contributed by atoms with E-state index in [0.29, 0.717) is 11.1 Å². The molecule has 1 aromatic carbocycles. The van der Waals surface area contributed by atoms with E-state index < -0.39 is 0 Å². The fourth-order valence-electron chi connectivity index (χ4n) is 2.54. The third-order valence-electron chi connectivity index (χ3n) is 3.43. The van der Waals surface area contributed by atoms with Gasteiger partial charge in [-0.3, -0.25) is 0 Å². The van der Waals surface area contributed by atoms with E-state index in [1.54, 1.807) is 0 Å². The van der Waals surface area contributed by atoms with Crippen LogP contribution in [0.2, 0.25) is 5.02 Å². The molecule has 1 aliphatic rings. The van der Waals surface area contributed by atoms with Gasteiger partial charge < -0.3 is 10.5 Å². The summed E-state index contributed by atoms with van der Waals surface area (Å²) in [6, 6.07) is 6.04. The number of rotatable bonds is 4. The molecule has 0 amide bonds. The summed E-state index contributed by atoms with van der Waals surface area (Å²) in [4.78, 5) is 0. The van der Waals surface area contributed by atoms with Crippen molar-refractivity contribution in [2.75, 3.05) is 0 Å². The first-order valence-corrected chi connectivity index (χ1v) is 7.24. The topological polar surface area (TPSA) is 35.2 Å². The normalized spacial score (nSPS) is 18.6. The number of para-hydroxylation sites is 1. The number of benzene rings is 1. The Kier molecular flexibility index (Phi) is 4.90. The first kappa shape index (κ1) is 13.7. The average Bonchev–Trinajstić information content (AvgIpc) is 2.34. The molecule has 2 rings (SSSR count). The van der Waals surface area contributed by atoms with Gasteiger partial charge in [-0.05, 0) is 50.7 Å². The lowest BCUT2D eigenvalue weighted by Crippen LogP contribution is -2.22. The lowest BCUT2D eigenvalue weighted by molar-refractivity contribution is 0.153. The van der Waals surface area contributed by atoms with E-state index in [4.69, 9.17) is 22.1 Å². The summed E-state index contributed by atoms with van der Waals surface area (Å²) in [5.74, 6) is 0.850. The van der Waals surface area contributed by atoms with E-state index in [-0.39, 0.29) is 6.04 Å². The van der Waals surface area contributed by atoms with Crippen molar-refractivity contribution in [3.8, 4) is 5.75 Å². The van der Waals surface area contributed by atoms with E-state index in [0.717, 1.165) is 30.6 Å². The molecule has 0 heterocycles. The molecule has 0 bridgehead atoms. The Labute approximate surface area is 114 Å². The monoisotopic (exact) mass is 267 g/mol. The summed E-state index contributed by atoms with van der Waals surface area (Å²) < 4.78 is 6.13. The highest BCUT2D eigenvalue weighted by molar-refractivity contribution is 6.32. The van der Waals surface area contributed by atoms with Crippen LogP contribution in [0, 0.1) is 0 Å². The molecular weight excluding hydrogens is 246 g/mol. The van der Waals surface area contributed by atoms with Crippen LogP contribution in [-0.4, -0.2) is 12.1 Å². The van der Waals surface area contributed by atoms with Gasteiger partial charge in [-0.15, -0.1) is 0 Å². The zero-order valence-corrected chi connectivity index (χ0v) is 11.7. The largest absolute Gasteiger partial charge is 0.489 e. The van der Waals surface area contributed by atoms with Crippen molar-refractivity contribution in [1.82, 2.24) is 0 Å². The van der Waals surface area contributed by atoms with Gasteiger partial charge in [0.15, 0.2) is 0 Å². The molecule has 2 N–H and O–H groups in total. The molecule has 0 radical (unpaired) electrons. The molecule has 1 atom stereocenters. The van der Waals surface area contributed by atoms with Crippen molar-refractivity contribution in [2.24, 2.45) is 5.73 Å². The fraction of sp³-hybridized carbons (Fsp3) is 0.600. The van der Waals surface area contributed by atoms with Gasteiger partial charge in [0, 0.05) is 6.04 Å². The van der Waals surface area contributed by atoms with E-state index in [9.17, 15) is 0 Å². The van der Waals surface area contributed by atoms with Crippen LogP contribution >= 0.6 is 11.6 Å². The second-order valence-electron chi connectivity index (χ2n) is 5.29. The van der Waals surface area contributed by atoms with Gasteiger partial charge in [0.2, 0.25) is 0 Å². The van der Waals surface area contributed by atoms with Crippen LogP contribution in [0.1, 0.15) is 44.6 Å². The van der Waals surface area contributed by atoms with Crippen molar-refractivity contribution in [1.29, 1.82) is 0 Å². The van der Waals surface area contributed by atoms with E-state index in [1.807, 2.05) is 19.1 Å². The molecule has 3 heteroatoms. The summed E-state index contributed by atoms with van der Waals surface area (Å²) >= 11 is 6.27. The van der Waals surface area contributed by atoms with Gasteiger partial charge in [0.05, 0.1) is 11.1 Å². The maximum absolute atomic E-state index is 6.27. The van der Waals surface area contributed by atoms with Crippen molar-refractivity contribution in [3.05, 3.63) is 28.8 Å². The summed E-state index contributed by atoms with van der Waals surface area (Å²) in [5, 5.41) is 0.707. The molecule has 1 saturated carbocycles. The zero-order valence-electron chi connectivity index (χ0n) is 11.0. The summed E-state index contributed by atoms with van der Waals surface area (Å²) in [7, 11) is 0. The van der Waals surface area contributed by atoms with Crippen LogP contribution in [0.3, 0.4) is 0 Å². The van der Waals surface area contributed by atoms with Gasteiger partial charge in [-0.25, -0.2) is 0 Å². The molecule has 18 heavy (non-hydrogen) atoms. The third-order valence-corrected chi connectivity index (χ3v) is 3.72. The van der Waals surface area contributed by atoms with Crippen molar-refractivity contribution in [2.45, 2.75) is 57.6 Å². The number of nitrogens with two attached hydrogens (primary N) is 1. The first-order chi connectivity index (χ1) is 8.66. The number of hydrogen-bond donors (Lipinski definition) is 1. The van der Waals surface area contributed by atoms with Gasteiger partial charge in [-0.2, -0.15) is 0 Å². The molecule has 100 valence electrons. The van der Waals surface area contributed by atoms with Gasteiger partial charge in [0.25, 0.3) is 0 Å². The quantitative estimate of drug-likeness (QED) is 0.897. The van der Waals surface area contributed by atoms with Crippen LogP contribution in [0.25, 0.3) is 0 Å². The Morgan fingerprint density at radius 3 is 2.72 bits per heavy atom. The van der Waals surface area contributed by atoms with Crippen molar-refractivity contribution in [3.63, 3.8) is 0 Å². The first-order valence-electron chi connectivity index (χ1n) is 6.86. The molecule has 0 aromatic heterocycles. The minimum Gasteiger partial charge on any atom is -0.489 e. The lowest BCUT2D eigenvalue weighted by atomic mass is 9.97. The number of hydrogen-bond acceptors (Lipinski definition) is 2. The molecule has 1 aliphatic carbocycles. The molecule has 1 unspecified atom stereocenters. The van der Waals surface area contributed by atoms with Crippen LogP contribution in [-0.2, 0) is 6.42 Å². The lowest BCUT2D eigenvalue weighted by Gasteiger charge is -2.25. The van der Waals surface area contributed by atoms with Gasteiger partial charge in [-0.1, -0.05) is 30.2 Å². The van der Waals surface area contributed by atoms with Crippen LogP contribution < -0.4 is 10.5 Å². The molecule has 0 aliphatic heterocycles. The minimum atomic E-state index is 0.122. The predicted molar refractivity (Wildman–Crippen MR) is 76.3 cm³/mol. The van der Waals surface area contributed by atoms with E-state index in [1.165, 1.54) is 19.3 Å². The van der Waals surface area contributed by atoms with Crippen molar-refractivity contribution < 1.29 is 4.74 Å². The average molecular weight is 268 g/mol. The third kappa shape index (κ3) is 3.63. The second kappa shape index (κ2) is 6.44. The SMILES string of the molecule is CC(N)Cc1cccc(Cl)c1OC1CCCCC1. The Balaban J connectivity index is 2.13. The summed E-state index contributed by atoms with van der Waals surface area (Å²) in [6.07, 6.45) is 7.27. The Hall–Kier alpha value is -0.730. The van der Waals surface area contributed by atoms with Gasteiger partial charge in [0.1, 0.15) is 5.75 Å². The second-order valence-corrected chi connectivity index (χ2v) is 5.69. The molecule has 0 spiro atoms. The van der Waals surface area contributed by atoms with E-state index in [2.05, 4.69) is 6.07 Å². The van der Waals surface area contributed by atoms with Crippen molar-refractivity contribution >= 4 is 11.6 Å². The Bertz CT molecular complexity index is 386. The highest BCUT2D eigenvalue weighted by atomic mass is 35.5. The number of ether oxygens (including phenoxy) is 1. The molecule has 0 saturated heterocycles. The van der Waals surface area contributed by atoms with Gasteiger partial charge >= 0.3 is 0 Å². The van der Waals surface area contributed by atoms with E-state index >= 15 is 0 Å². The summed E-state index contributed by atoms with van der Waals surface area (Å²) in [5.41, 5.74) is 7.01. The molecular formula is C15H22ClNO. The molecule has 1 aromatic rings. The Morgan fingerprint density at radius 2 is 2.06 bits per heavy atom. The maximum Gasteiger partial charge on any atom is 0.141 e. The standard InChI is InChI=1S/C15H22ClNO/c1-11(17)10-12-6-5-9-14(16)15(12)18-13-7-3-2-4-8-13/h5-6,9,11,13H,2-4,7-8,10,17H2,1H3. The Morgan fingerprint density at radius 1 is 1.33 bits per heavy atom. The molecule has 1 fully saturated rings. The summed E-state index contributed by atoms with van der Waals surface area (Å²) in [6.45, 7) is 2.01. The highest BCUT2D eigenvalue weighted by Crippen LogP contribution is 2.33. The fourth-order valence-corrected chi connectivity index (χ4v) is 2.78. The highest BCUT2D eigenvalue weighted by Gasteiger charge is 2.18. The smallest absolute Gasteiger partial charge is 0.141 e. The minimum absolute atomic E-state index is 0.122. The van der Waals surface area contributed by atoms with Crippen LogP contribution in [0.15, 0.2) is 18.2 Å². The zero-order chi connectivity index (χ0) is 13.0. The predicted octanol–water partition coefficient (Wildman–Crippen LogP) is 3.94. The van der Waals surface area contributed by atoms with Crippen LogP contribution in [0.5, 0.6) is 5.75 Å². The van der Waals surface area contributed by atoms with Crippen LogP contribution in [0.4, 0.5) is 0 Å². The number of halogens is 1.